The Labute approximate surface area is 172 Å². The fraction of sp³-hybridized carbons (Fsp3) is 0.250. The molecule has 0 N–H and O–H groups in total. The van der Waals surface area contributed by atoms with E-state index in [1.165, 1.54) is 38.1 Å². The summed E-state index contributed by atoms with van der Waals surface area (Å²) in [6.07, 6.45) is 0. The van der Waals surface area contributed by atoms with E-state index in [4.69, 9.17) is 46.4 Å². The van der Waals surface area contributed by atoms with Gasteiger partial charge in [-0.1, -0.05) is 60.3 Å². The van der Waals surface area contributed by atoms with Crippen LogP contribution in [0.2, 0.25) is 20.1 Å². The van der Waals surface area contributed by atoms with Gasteiger partial charge in [-0.05, 0) is 24.3 Å². The smallest absolute Gasteiger partial charge is 0.179 e. The molecule has 0 atom stereocenters. The van der Waals surface area contributed by atoms with Crippen molar-refractivity contribution in [3.05, 3.63) is 44.4 Å². The van der Waals surface area contributed by atoms with Gasteiger partial charge in [0.15, 0.2) is 19.7 Å². The maximum absolute atomic E-state index is 12.1. The lowest BCUT2D eigenvalue weighted by Crippen LogP contribution is -2.05. The number of halogens is 4. The highest BCUT2D eigenvalue weighted by molar-refractivity contribution is 7.91. The molecule has 142 valence electrons. The molecule has 0 unspecified atom stereocenters. The van der Waals surface area contributed by atoms with Gasteiger partial charge in [-0.15, -0.1) is 0 Å². The van der Waals surface area contributed by atoms with Gasteiger partial charge in [0.2, 0.25) is 0 Å². The van der Waals surface area contributed by atoms with Gasteiger partial charge in [-0.2, -0.15) is 0 Å². The Bertz CT molecular complexity index is 990. The molecule has 0 amide bonds. The Balaban J connectivity index is 2.71. The van der Waals surface area contributed by atoms with Gasteiger partial charge in [-0.25, -0.2) is 16.8 Å². The fourth-order valence-electron chi connectivity index (χ4n) is 2.26. The largest absolute Gasteiger partial charge is 0.224 e. The summed E-state index contributed by atoms with van der Waals surface area (Å²) < 4.78 is 48.3. The molecule has 0 saturated heterocycles. The second-order valence-electron chi connectivity index (χ2n) is 5.33. The molecule has 2 rings (SSSR count). The number of sulfone groups is 2. The number of rotatable bonds is 5. The summed E-state index contributed by atoms with van der Waals surface area (Å²) in [6.45, 7) is 2.99. The van der Waals surface area contributed by atoms with Gasteiger partial charge in [-0.3, -0.25) is 0 Å². The molecule has 0 aromatic heterocycles. The Kier molecular flexibility index (Phi) is 6.59. The minimum atomic E-state index is -3.55. The van der Waals surface area contributed by atoms with E-state index in [-0.39, 0.29) is 41.4 Å². The molecule has 0 radical (unpaired) electrons. The molecule has 0 fully saturated rings. The van der Waals surface area contributed by atoms with Crippen LogP contribution in [0.25, 0.3) is 11.1 Å². The second-order valence-corrected chi connectivity index (χ2v) is 11.5. The van der Waals surface area contributed by atoms with Gasteiger partial charge < -0.3 is 0 Å². The van der Waals surface area contributed by atoms with Gasteiger partial charge in [0.1, 0.15) is 0 Å². The van der Waals surface area contributed by atoms with Crippen LogP contribution in [-0.2, 0) is 19.7 Å². The quantitative estimate of drug-likeness (QED) is 0.567. The molecule has 0 aliphatic heterocycles. The van der Waals surface area contributed by atoms with Crippen molar-refractivity contribution in [1.29, 1.82) is 0 Å². The van der Waals surface area contributed by atoms with Crippen molar-refractivity contribution in [2.75, 3.05) is 11.5 Å². The predicted molar refractivity (Wildman–Crippen MR) is 107 cm³/mol. The monoisotopic (exact) mass is 474 g/mol. The summed E-state index contributed by atoms with van der Waals surface area (Å²) in [6, 6.07) is 5.24. The topological polar surface area (TPSA) is 68.3 Å². The van der Waals surface area contributed by atoms with Crippen LogP contribution >= 0.6 is 46.4 Å². The standard InChI is InChI=1S/C16H14Cl4O4S2/c1-3-25(21,22)15-7-11(17)9(5-13(15)19)10-6-14(20)16(8-12(10)18)26(23,24)4-2/h5-8H,3-4H2,1-2H3. The van der Waals surface area contributed by atoms with Crippen molar-refractivity contribution in [2.45, 2.75) is 23.6 Å². The van der Waals surface area contributed by atoms with Crippen LogP contribution in [0.5, 0.6) is 0 Å². The van der Waals surface area contributed by atoms with Crippen LogP contribution in [0, 0.1) is 0 Å². The molecule has 0 aliphatic rings. The van der Waals surface area contributed by atoms with E-state index in [1.54, 1.807) is 0 Å². The molecule has 10 heteroatoms. The van der Waals surface area contributed by atoms with E-state index in [1.807, 2.05) is 0 Å². The molecule has 0 bridgehead atoms. The molecule has 2 aromatic rings. The van der Waals surface area contributed by atoms with Crippen molar-refractivity contribution in [1.82, 2.24) is 0 Å². The average Bonchev–Trinajstić information content (AvgIpc) is 2.58. The van der Waals surface area contributed by atoms with Crippen molar-refractivity contribution < 1.29 is 16.8 Å². The second kappa shape index (κ2) is 7.86. The summed E-state index contributed by atoms with van der Waals surface area (Å²) in [7, 11) is -7.11. The highest BCUT2D eigenvalue weighted by Crippen LogP contribution is 2.41. The summed E-state index contributed by atoms with van der Waals surface area (Å²) in [4.78, 5) is -0.161. The third-order valence-corrected chi connectivity index (χ3v) is 8.77. The maximum Gasteiger partial charge on any atom is 0.179 e. The highest BCUT2D eigenvalue weighted by Gasteiger charge is 2.22. The van der Waals surface area contributed by atoms with Crippen molar-refractivity contribution in [3.8, 4) is 11.1 Å². The summed E-state index contributed by atoms with van der Waals surface area (Å²) >= 11 is 24.7. The summed E-state index contributed by atoms with van der Waals surface area (Å²) in [5.74, 6) is -0.253. The maximum atomic E-state index is 12.1. The normalized spacial score (nSPS) is 12.4. The molecular formula is C16H14Cl4O4S2. The number of benzene rings is 2. The molecule has 26 heavy (non-hydrogen) atoms. The predicted octanol–water partition coefficient (Wildman–Crippen LogP) is 5.55. The van der Waals surface area contributed by atoms with E-state index in [2.05, 4.69) is 0 Å². The Morgan fingerprint density at radius 3 is 1.19 bits per heavy atom. The Morgan fingerprint density at radius 1 is 0.615 bits per heavy atom. The summed E-state index contributed by atoms with van der Waals surface area (Å²) in [5, 5.41) is 0.184. The molecule has 0 spiro atoms. The van der Waals surface area contributed by atoms with E-state index in [0.717, 1.165) is 0 Å². The summed E-state index contributed by atoms with van der Waals surface area (Å²) in [5.41, 5.74) is 0.693. The number of hydrogen-bond donors (Lipinski definition) is 0. The van der Waals surface area contributed by atoms with Crippen LogP contribution < -0.4 is 0 Å². The molecule has 0 saturated carbocycles. The molecule has 0 heterocycles. The first-order chi connectivity index (χ1) is 11.9. The van der Waals surface area contributed by atoms with E-state index in [0.29, 0.717) is 11.1 Å². The van der Waals surface area contributed by atoms with E-state index < -0.39 is 19.7 Å². The van der Waals surface area contributed by atoms with Gasteiger partial charge in [0.05, 0.1) is 31.3 Å². The minimum Gasteiger partial charge on any atom is -0.224 e. The lowest BCUT2D eigenvalue weighted by Gasteiger charge is -2.13. The minimum absolute atomic E-state index is 0.0105. The zero-order chi connectivity index (χ0) is 19.9. The number of hydrogen-bond acceptors (Lipinski definition) is 4. The zero-order valence-corrected chi connectivity index (χ0v) is 18.3. The Morgan fingerprint density at radius 2 is 0.923 bits per heavy atom. The third-order valence-electron chi connectivity index (χ3n) is 3.76. The first-order valence-corrected chi connectivity index (χ1v) is 12.2. The van der Waals surface area contributed by atoms with E-state index in [9.17, 15) is 16.8 Å². The van der Waals surface area contributed by atoms with Crippen LogP contribution in [0.1, 0.15) is 13.8 Å². The lowest BCUT2D eigenvalue weighted by atomic mass is 10.1. The van der Waals surface area contributed by atoms with E-state index >= 15 is 0 Å². The Hall–Kier alpha value is -0.500. The average molecular weight is 476 g/mol. The molecule has 0 aliphatic carbocycles. The van der Waals surface area contributed by atoms with Gasteiger partial charge in [0, 0.05) is 21.2 Å². The first kappa shape index (κ1) is 21.8. The van der Waals surface area contributed by atoms with Crippen LogP contribution in [0.3, 0.4) is 0 Å². The molecular weight excluding hydrogens is 462 g/mol. The fourth-order valence-corrected chi connectivity index (χ4v) is 5.88. The molecule has 4 nitrogen and oxygen atoms in total. The van der Waals surface area contributed by atoms with Gasteiger partial charge >= 0.3 is 0 Å². The van der Waals surface area contributed by atoms with Crippen LogP contribution in [-0.4, -0.2) is 28.3 Å². The van der Waals surface area contributed by atoms with Crippen molar-refractivity contribution in [3.63, 3.8) is 0 Å². The van der Waals surface area contributed by atoms with Crippen molar-refractivity contribution >= 4 is 66.1 Å². The van der Waals surface area contributed by atoms with Crippen molar-refractivity contribution in [2.24, 2.45) is 0 Å². The highest BCUT2D eigenvalue weighted by atomic mass is 35.5. The first-order valence-electron chi connectivity index (χ1n) is 7.38. The van der Waals surface area contributed by atoms with Crippen LogP contribution in [0.4, 0.5) is 0 Å². The lowest BCUT2D eigenvalue weighted by molar-refractivity contribution is 0.595. The third kappa shape index (κ3) is 4.16. The SMILES string of the molecule is CCS(=O)(=O)c1cc(Cl)c(-c2cc(Cl)c(S(=O)(=O)CC)cc2Cl)cc1Cl. The van der Waals surface area contributed by atoms with Crippen LogP contribution in [0.15, 0.2) is 34.1 Å². The zero-order valence-electron chi connectivity index (χ0n) is 13.7. The molecule has 2 aromatic carbocycles. The van der Waals surface area contributed by atoms with Gasteiger partial charge in [0.25, 0.3) is 0 Å².